The number of nitrogens with zero attached hydrogens (tertiary/aromatic N) is 3. The van der Waals surface area contributed by atoms with Crippen molar-refractivity contribution in [1.29, 1.82) is 0 Å². The van der Waals surface area contributed by atoms with Crippen LogP contribution in [0.25, 0.3) is 0 Å². The van der Waals surface area contributed by atoms with Crippen LogP contribution in [0.1, 0.15) is 34.6 Å². The number of β-lactam (4-membered cyclic amide) rings is 1. The summed E-state index contributed by atoms with van der Waals surface area (Å²) in [4.78, 5) is 53.9. The first-order chi connectivity index (χ1) is 14.1. The number of thioether (sulfide) groups is 1. The van der Waals surface area contributed by atoms with Crippen molar-refractivity contribution >= 4 is 33.3 Å². The Morgan fingerprint density at radius 3 is 2.35 bits per heavy atom. The summed E-state index contributed by atoms with van der Waals surface area (Å²) in [6.07, 6.45) is -1.26. The first kappa shape index (κ1) is 23.4. The monoisotopic (exact) mass is 472 g/mol. The van der Waals surface area contributed by atoms with E-state index in [1.165, 1.54) is 28.0 Å². The average molecular weight is 473 g/mol. The molecule has 0 spiro atoms. The number of ketones is 1. The van der Waals surface area contributed by atoms with Crippen LogP contribution in [0.5, 0.6) is 0 Å². The third-order valence-corrected chi connectivity index (χ3v) is 10.2. The van der Waals surface area contributed by atoms with Gasteiger partial charge in [0.15, 0.2) is 32.3 Å². The Balaban J connectivity index is 2.30. The second-order valence-corrected chi connectivity index (χ2v) is 12.6. The molecule has 0 bridgehead atoms. The summed E-state index contributed by atoms with van der Waals surface area (Å²) < 4.78 is 31.9. The van der Waals surface area contributed by atoms with Gasteiger partial charge in [0.05, 0.1) is 5.70 Å². The van der Waals surface area contributed by atoms with Crippen molar-refractivity contribution in [2.75, 3.05) is 7.11 Å². The molecule has 13 heteroatoms. The Morgan fingerprint density at radius 1 is 1.26 bits per heavy atom. The lowest BCUT2D eigenvalue weighted by atomic mass is 9.85. The van der Waals surface area contributed by atoms with E-state index in [0.717, 1.165) is 9.58 Å². The van der Waals surface area contributed by atoms with Crippen LogP contribution in [0.3, 0.4) is 0 Å². The van der Waals surface area contributed by atoms with Crippen LogP contribution in [0.15, 0.2) is 26.0 Å². The number of ether oxygens (including phenoxy) is 1. The number of H-pyrrole nitrogens is 1. The molecule has 1 N–H and O–H groups in total. The van der Waals surface area contributed by atoms with E-state index in [9.17, 15) is 27.6 Å². The second-order valence-electron chi connectivity index (χ2n) is 8.60. The predicted octanol–water partition coefficient (Wildman–Crippen LogP) is -0.222. The lowest BCUT2D eigenvalue weighted by molar-refractivity contribution is -0.161. The van der Waals surface area contributed by atoms with Gasteiger partial charge in [0.25, 0.3) is 5.91 Å². The Hall–Kier alpha value is -2.25. The van der Waals surface area contributed by atoms with Crippen molar-refractivity contribution in [1.82, 2.24) is 19.7 Å². The van der Waals surface area contributed by atoms with Crippen LogP contribution in [-0.2, 0) is 31.2 Å². The number of aromatic nitrogens is 3. The second kappa shape index (κ2) is 7.14. The number of carbonyl (C=O) groups is 2. The highest BCUT2D eigenvalue weighted by Gasteiger charge is 2.67. The normalized spacial score (nSPS) is 27.7. The molecule has 1 amide bonds. The van der Waals surface area contributed by atoms with Gasteiger partial charge >= 0.3 is 11.1 Å². The number of rotatable bonds is 4. The number of allylic oxidation sites excluding steroid dienone is 1. The number of Topliss-reactive ketones (excluding diaryl/α,β-unsaturated/α-hetero) is 1. The number of sulfone groups is 1. The number of aromatic amines is 1. The van der Waals surface area contributed by atoms with Crippen molar-refractivity contribution < 1.29 is 22.7 Å². The van der Waals surface area contributed by atoms with Gasteiger partial charge in [0.1, 0.15) is 4.08 Å². The molecular formula is C18H24N4O7S2. The standard InChI is InChI=1S/C18H24N4O7S2/c1-8-9(11(23)17(2,3)4)22-14(26)10(29-7)15(22)31(27,28)18(8,5)30-16-19-12(24)13(25)20-21(16)6/h10,15H,1-7H3,(H,20,25)/t10-,15-,18?/m0/s1. The minimum absolute atomic E-state index is 0.00458. The van der Waals surface area contributed by atoms with E-state index in [2.05, 4.69) is 10.1 Å². The first-order valence-electron chi connectivity index (χ1n) is 9.31. The molecule has 3 atom stereocenters. The molecule has 0 aliphatic carbocycles. The number of amides is 1. The van der Waals surface area contributed by atoms with Gasteiger partial charge in [-0.2, -0.15) is 4.98 Å². The van der Waals surface area contributed by atoms with Crippen molar-refractivity contribution in [3.05, 3.63) is 32.0 Å². The predicted molar refractivity (Wildman–Crippen MR) is 112 cm³/mol. The zero-order valence-electron chi connectivity index (χ0n) is 18.2. The molecule has 1 aromatic rings. The first-order valence-corrected chi connectivity index (χ1v) is 11.7. The molecule has 3 rings (SSSR count). The molecule has 0 aromatic carbocycles. The summed E-state index contributed by atoms with van der Waals surface area (Å²) in [5, 5.41) is 0.813. The van der Waals surface area contributed by atoms with Crippen molar-refractivity contribution in [3.63, 3.8) is 0 Å². The van der Waals surface area contributed by atoms with Crippen molar-refractivity contribution in [3.8, 4) is 0 Å². The molecule has 0 radical (unpaired) electrons. The zero-order chi connectivity index (χ0) is 23.7. The van der Waals surface area contributed by atoms with Gasteiger partial charge in [0.2, 0.25) is 0 Å². The number of hydrogen-bond donors (Lipinski definition) is 1. The summed E-state index contributed by atoms with van der Waals surface area (Å²) in [5.74, 6) is -1.01. The largest absolute Gasteiger partial charge is 0.368 e. The van der Waals surface area contributed by atoms with E-state index in [1.54, 1.807) is 20.8 Å². The SMILES string of the molecule is CO[C@H]1C(=O)N2C(C(=O)C(C)(C)C)=C(C)C(C)(Sc3nc(=O)c(=O)[nH]n3C)S(=O)(=O)[C@@H]12. The molecule has 0 saturated carbocycles. The van der Waals surface area contributed by atoms with Crippen LogP contribution in [0.4, 0.5) is 0 Å². The number of methoxy groups -OCH3 is 1. The van der Waals surface area contributed by atoms with Crippen LogP contribution in [0.2, 0.25) is 0 Å². The molecule has 31 heavy (non-hydrogen) atoms. The minimum atomic E-state index is -4.17. The lowest BCUT2D eigenvalue weighted by Crippen LogP contribution is -2.73. The molecule has 3 heterocycles. The summed E-state index contributed by atoms with van der Waals surface area (Å²) in [6.45, 7) is 7.87. The van der Waals surface area contributed by atoms with Gasteiger partial charge in [-0.05, 0) is 19.4 Å². The van der Waals surface area contributed by atoms with Gasteiger partial charge in [-0.15, -0.1) is 0 Å². The third kappa shape index (κ3) is 3.21. The Kier molecular flexibility index (Phi) is 5.39. The maximum absolute atomic E-state index is 13.7. The van der Waals surface area contributed by atoms with E-state index < -0.39 is 53.6 Å². The molecule has 11 nitrogen and oxygen atoms in total. The third-order valence-electron chi connectivity index (χ3n) is 5.52. The Bertz CT molecular complexity index is 1240. The quantitative estimate of drug-likeness (QED) is 0.463. The van der Waals surface area contributed by atoms with E-state index in [4.69, 9.17) is 4.74 Å². The molecular weight excluding hydrogens is 448 g/mol. The fourth-order valence-corrected chi connectivity index (χ4v) is 7.45. The fraction of sp³-hybridized carbons (Fsp3) is 0.611. The summed E-state index contributed by atoms with van der Waals surface area (Å²) in [7, 11) is -1.54. The molecule has 1 unspecified atom stereocenters. The number of nitrogens with one attached hydrogen (secondary N) is 1. The molecule has 2 aliphatic heterocycles. The highest BCUT2D eigenvalue weighted by atomic mass is 32.3. The van der Waals surface area contributed by atoms with Gasteiger partial charge in [0, 0.05) is 19.6 Å². The van der Waals surface area contributed by atoms with Crippen LogP contribution in [0, 0.1) is 5.41 Å². The Morgan fingerprint density at radius 2 is 1.84 bits per heavy atom. The molecule has 1 saturated heterocycles. The van der Waals surface area contributed by atoms with E-state index in [-0.39, 0.29) is 16.4 Å². The van der Waals surface area contributed by atoms with E-state index in [0.29, 0.717) is 11.8 Å². The maximum Gasteiger partial charge on any atom is 0.339 e. The average Bonchev–Trinajstić information content (AvgIpc) is 2.64. The lowest BCUT2D eigenvalue weighted by Gasteiger charge is -2.53. The summed E-state index contributed by atoms with van der Waals surface area (Å²) in [6, 6.07) is 0. The van der Waals surface area contributed by atoms with Crippen molar-refractivity contribution in [2.24, 2.45) is 12.5 Å². The number of fused-ring (bicyclic) bond motifs is 1. The van der Waals surface area contributed by atoms with Crippen LogP contribution < -0.4 is 11.1 Å². The van der Waals surface area contributed by atoms with Crippen LogP contribution >= 0.6 is 11.8 Å². The van der Waals surface area contributed by atoms with E-state index >= 15 is 0 Å². The zero-order valence-corrected chi connectivity index (χ0v) is 19.8. The highest BCUT2D eigenvalue weighted by Crippen LogP contribution is 2.53. The van der Waals surface area contributed by atoms with Gasteiger partial charge < -0.3 is 4.74 Å². The minimum Gasteiger partial charge on any atom is -0.368 e. The van der Waals surface area contributed by atoms with Gasteiger partial charge in [-0.1, -0.05) is 32.5 Å². The topological polar surface area (TPSA) is 148 Å². The summed E-state index contributed by atoms with van der Waals surface area (Å²) in [5.41, 5.74) is -2.78. The van der Waals surface area contributed by atoms with Gasteiger partial charge in [-0.25, -0.2) is 8.42 Å². The van der Waals surface area contributed by atoms with Crippen LogP contribution in [-0.4, -0.2) is 62.4 Å². The number of carbonyl (C=O) groups excluding carboxylic acids is 2. The maximum atomic E-state index is 13.7. The fourth-order valence-electron chi connectivity index (χ4n) is 3.53. The van der Waals surface area contributed by atoms with Crippen molar-refractivity contribution in [2.45, 2.75) is 55.3 Å². The number of hydrogen-bond acceptors (Lipinski definition) is 9. The molecule has 170 valence electrons. The van der Waals surface area contributed by atoms with E-state index in [1.807, 2.05) is 0 Å². The molecule has 1 aromatic heterocycles. The molecule has 1 fully saturated rings. The highest BCUT2D eigenvalue weighted by molar-refractivity contribution is 8.15. The number of aryl methyl sites for hydroxylation is 1. The smallest absolute Gasteiger partial charge is 0.339 e. The Labute approximate surface area is 182 Å². The summed E-state index contributed by atoms with van der Waals surface area (Å²) >= 11 is 0.707. The van der Waals surface area contributed by atoms with Gasteiger partial charge in [-0.3, -0.25) is 33.9 Å². The molecule has 2 aliphatic rings.